The highest BCUT2D eigenvalue weighted by Crippen LogP contribution is 2.32. The van der Waals surface area contributed by atoms with Crippen LogP contribution in [0.1, 0.15) is 17.5 Å². The Morgan fingerprint density at radius 2 is 2.04 bits per heavy atom. The maximum atomic E-state index is 12.9. The molecule has 0 bridgehead atoms. The summed E-state index contributed by atoms with van der Waals surface area (Å²) < 4.78 is 24.8. The standard InChI is InChI=1S/C19H14ClN3O4S/c1-2-26-19(24)17-11-21-18(27-17)14-8-12(20)9-16-15(14)10-22-23(16)28(25)13-6-4-3-5-7-13/h3-11H,2H2,1H3. The number of fused-ring (bicyclic) bond motifs is 1. The third kappa shape index (κ3) is 3.32. The summed E-state index contributed by atoms with van der Waals surface area (Å²) in [7, 11) is -1.55. The van der Waals surface area contributed by atoms with Crippen LogP contribution in [0, 0.1) is 0 Å². The monoisotopic (exact) mass is 415 g/mol. The van der Waals surface area contributed by atoms with Crippen molar-refractivity contribution in [1.82, 2.24) is 14.2 Å². The summed E-state index contributed by atoms with van der Waals surface area (Å²) in [5.41, 5.74) is 1.09. The van der Waals surface area contributed by atoms with E-state index in [1.54, 1.807) is 49.5 Å². The molecule has 7 nitrogen and oxygen atoms in total. The molecule has 0 fully saturated rings. The van der Waals surface area contributed by atoms with E-state index >= 15 is 0 Å². The first-order valence-electron chi connectivity index (χ1n) is 8.36. The molecule has 2 aromatic heterocycles. The number of ether oxygens (including phenoxy) is 1. The molecule has 4 rings (SSSR count). The van der Waals surface area contributed by atoms with E-state index in [1.165, 1.54) is 10.3 Å². The average Bonchev–Trinajstić information content (AvgIpc) is 3.35. The van der Waals surface area contributed by atoms with Crippen LogP contribution in [-0.2, 0) is 15.7 Å². The lowest BCUT2D eigenvalue weighted by molar-refractivity contribution is 0.0491. The summed E-state index contributed by atoms with van der Waals surface area (Å²) in [5.74, 6) is -0.411. The lowest BCUT2D eigenvalue weighted by Crippen LogP contribution is -2.06. The van der Waals surface area contributed by atoms with Crippen molar-refractivity contribution in [3.63, 3.8) is 0 Å². The number of hydrogen-bond donors (Lipinski definition) is 0. The van der Waals surface area contributed by atoms with E-state index in [-0.39, 0.29) is 18.3 Å². The van der Waals surface area contributed by atoms with Gasteiger partial charge in [-0.3, -0.25) is 0 Å². The van der Waals surface area contributed by atoms with Crippen molar-refractivity contribution in [2.24, 2.45) is 0 Å². The van der Waals surface area contributed by atoms with Gasteiger partial charge < -0.3 is 9.15 Å². The fourth-order valence-corrected chi connectivity index (χ4v) is 3.98. The Hall–Kier alpha value is -2.97. The van der Waals surface area contributed by atoms with E-state index in [2.05, 4.69) is 10.1 Å². The molecule has 2 aromatic carbocycles. The van der Waals surface area contributed by atoms with Gasteiger partial charge in [0.15, 0.2) is 11.0 Å². The van der Waals surface area contributed by atoms with Crippen LogP contribution in [0.5, 0.6) is 0 Å². The van der Waals surface area contributed by atoms with Gasteiger partial charge in [-0.05, 0) is 31.2 Å². The molecular formula is C19H14ClN3O4S. The van der Waals surface area contributed by atoms with Gasteiger partial charge in [0.1, 0.15) is 0 Å². The first-order chi connectivity index (χ1) is 13.6. The van der Waals surface area contributed by atoms with Gasteiger partial charge in [0.25, 0.3) is 0 Å². The Bertz CT molecular complexity index is 1190. The van der Waals surface area contributed by atoms with Crippen LogP contribution in [0.3, 0.4) is 0 Å². The third-order valence-corrected chi connectivity index (χ3v) is 5.43. The number of carbonyl (C=O) groups excluding carboxylic acids is 1. The molecule has 9 heteroatoms. The minimum Gasteiger partial charge on any atom is -0.460 e. The fraction of sp³-hybridized carbons (Fsp3) is 0.105. The van der Waals surface area contributed by atoms with Crippen LogP contribution in [0.25, 0.3) is 22.4 Å². The lowest BCUT2D eigenvalue weighted by atomic mass is 10.1. The van der Waals surface area contributed by atoms with Gasteiger partial charge >= 0.3 is 5.97 Å². The molecule has 0 saturated heterocycles. The van der Waals surface area contributed by atoms with Crippen molar-refractivity contribution >= 4 is 39.5 Å². The van der Waals surface area contributed by atoms with E-state index < -0.39 is 17.0 Å². The number of nitrogens with zero attached hydrogens (tertiary/aromatic N) is 3. The summed E-state index contributed by atoms with van der Waals surface area (Å²) in [6, 6.07) is 12.3. The largest absolute Gasteiger partial charge is 0.460 e. The number of benzene rings is 2. The highest BCUT2D eigenvalue weighted by Gasteiger charge is 2.20. The zero-order valence-electron chi connectivity index (χ0n) is 14.7. The van der Waals surface area contributed by atoms with Crippen molar-refractivity contribution in [3.05, 3.63) is 65.6 Å². The fourth-order valence-electron chi connectivity index (χ4n) is 2.71. The van der Waals surface area contributed by atoms with Crippen LogP contribution < -0.4 is 0 Å². The Kier molecular flexibility index (Phi) is 4.97. The van der Waals surface area contributed by atoms with Gasteiger partial charge in [0, 0.05) is 16.0 Å². The minimum atomic E-state index is -1.55. The SMILES string of the molecule is CCOC(=O)c1cnc(-c2cc(Cl)cc3c2cnn3S(=O)c2ccccc2)o1. The summed E-state index contributed by atoms with van der Waals surface area (Å²) in [5, 5.41) is 5.31. The first-order valence-corrected chi connectivity index (χ1v) is 9.85. The predicted molar refractivity (Wildman–Crippen MR) is 104 cm³/mol. The van der Waals surface area contributed by atoms with Crippen LogP contribution in [-0.4, -0.2) is 31.0 Å². The molecule has 0 radical (unpaired) electrons. The number of carbonyl (C=O) groups is 1. The average molecular weight is 416 g/mol. The number of esters is 1. The smallest absolute Gasteiger partial charge is 0.375 e. The maximum Gasteiger partial charge on any atom is 0.375 e. The molecule has 0 aliphatic carbocycles. The molecule has 4 aromatic rings. The highest BCUT2D eigenvalue weighted by atomic mass is 35.5. The molecule has 142 valence electrons. The molecule has 2 heterocycles. The quantitative estimate of drug-likeness (QED) is 0.456. The van der Waals surface area contributed by atoms with Crippen molar-refractivity contribution < 1.29 is 18.2 Å². The van der Waals surface area contributed by atoms with Gasteiger partial charge in [-0.25, -0.2) is 14.0 Å². The number of aromatic nitrogens is 3. The van der Waals surface area contributed by atoms with Crippen molar-refractivity contribution in [3.8, 4) is 11.5 Å². The van der Waals surface area contributed by atoms with Gasteiger partial charge in [-0.2, -0.15) is 9.19 Å². The highest BCUT2D eigenvalue weighted by molar-refractivity contribution is 7.83. The van der Waals surface area contributed by atoms with Crippen molar-refractivity contribution in [2.45, 2.75) is 11.8 Å². The Morgan fingerprint density at radius 3 is 2.79 bits per heavy atom. The maximum absolute atomic E-state index is 12.9. The van der Waals surface area contributed by atoms with Crippen molar-refractivity contribution in [2.75, 3.05) is 6.61 Å². The number of halogens is 1. The number of oxazole rings is 1. The summed E-state index contributed by atoms with van der Waals surface area (Å²) >= 11 is 6.27. The summed E-state index contributed by atoms with van der Waals surface area (Å²) in [6.45, 7) is 1.94. The summed E-state index contributed by atoms with van der Waals surface area (Å²) in [4.78, 5) is 16.6. The van der Waals surface area contributed by atoms with Crippen molar-refractivity contribution in [1.29, 1.82) is 0 Å². The van der Waals surface area contributed by atoms with Crippen LogP contribution in [0.4, 0.5) is 0 Å². The van der Waals surface area contributed by atoms with Gasteiger partial charge in [-0.1, -0.05) is 29.8 Å². The molecule has 0 spiro atoms. The van der Waals surface area contributed by atoms with E-state index in [0.717, 1.165) is 0 Å². The van der Waals surface area contributed by atoms with Crippen LogP contribution in [0.15, 0.2) is 64.2 Å². The van der Waals surface area contributed by atoms with E-state index in [1.807, 2.05) is 6.07 Å². The minimum absolute atomic E-state index is 0.00905. The Balaban J connectivity index is 1.80. The van der Waals surface area contributed by atoms with Gasteiger partial charge in [-0.15, -0.1) is 0 Å². The molecule has 0 aliphatic rings. The zero-order chi connectivity index (χ0) is 19.7. The lowest BCUT2D eigenvalue weighted by Gasteiger charge is -2.05. The van der Waals surface area contributed by atoms with Gasteiger partial charge in [0.05, 0.1) is 29.4 Å². The normalized spacial score (nSPS) is 12.2. The number of hydrogen-bond acceptors (Lipinski definition) is 6. The molecule has 0 saturated carbocycles. The van der Waals surface area contributed by atoms with Crippen LogP contribution >= 0.6 is 11.6 Å². The molecule has 0 amide bonds. The molecule has 0 N–H and O–H groups in total. The topological polar surface area (TPSA) is 87.2 Å². The second-order valence-corrected chi connectivity index (χ2v) is 7.47. The molecule has 0 aliphatic heterocycles. The van der Waals surface area contributed by atoms with Gasteiger partial charge in [0.2, 0.25) is 11.7 Å². The summed E-state index contributed by atoms with van der Waals surface area (Å²) in [6.07, 6.45) is 2.86. The molecular weight excluding hydrogens is 402 g/mol. The second-order valence-electron chi connectivity index (χ2n) is 5.72. The van der Waals surface area contributed by atoms with E-state index in [9.17, 15) is 9.00 Å². The zero-order valence-corrected chi connectivity index (χ0v) is 16.2. The number of rotatable bonds is 5. The molecule has 1 atom stereocenters. The Morgan fingerprint density at radius 1 is 1.25 bits per heavy atom. The molecule has 28 heavy (non-hydrogen) atoms. The molecule has 1 unspecified atom stereocenters. The first kappa shape index (κ1) is 18.4. The second kappa shape index (κ2) is 7.57. The third-order valence-electron chi connectivity index (χ3n) is 3.94. The van der Waals surface area contributed by atoms with Crippen LogP contribution in [0.2, 0.25) is 5.02 Å². The predicted octanol–water partition coefficient (Wildman–Crippen LogP) is 4.09. The van der Waals surface area contributed by atoms with E-state index in [4.69, 9.17) is 20.8 Å². The Labute approximate surface area is 167 Å². The van der Waals surface area contributed by atoms with E-state index in [0.29, 0.717) is 26.4 Å².